The smallest absolute Gasteiger partial charge is 0.183 e. The van der Waals surface area contributed by atoms with Crippen LogP contribution in [-0.4, -0.2) is 25.7 Å². The van der Waals surface area contributed by atoms with Gasteiger partial charge >= 0.3 is 0 Å². The second-order valence-corrected chi connectivity index (χ2v) is 6.88. The molecule has 0 bridgehead atoms. The van der Waals surface area contributed by atoms with E-state index in [4.69, 9.17) is 9.47 Å². The van der Waals surface area contributed by atoms with Gasteiger partial charge in [0, 0.05) is 22.8 Å². The van der Waals surface area contributed by atoms with E-state index in [1.54, 1.807) is 25.6 Å². The molecule has 21 heavy (non-hydrogen) atoms. The van der Waals surface area contributed by atoms with Crippen LogP contribution in [0.5, 0.6) is 11.5 Å². The van der Waals surface area contributed by atoms with Crippen molar-refractivity contribution in [3.05, 3.63) is 22.8 Å². The molecule has 0 radical (unpaired) electrons. The van der Waals surface area contributed by atoms with Crippen molar-refractivity contribution in [3.8, 4) is 21.9 Å². The molecule has 4 nitrogen and oxygen atoms in total. The van der Waals surface area contributed by atoms with Crippen molar-refractivity contribution in [1.29, 1.82) is 0 Å². The number of ether oxygens (including phenoxy) is 2. The third-order valence-electron chi connectivity index (χ3n) is 2.91. The largest absolute Gasteiger partial charge is 0.493 e. The Labute approximate surface area is 137 Å². The Morgan fingerprint density at radius 1 is 1.24 bits per heavy atom. The second-order valence-electron chi connectivity index (χ2n) is 4.99. The molecule has 0 fully saturated rings. The lowest BCUT2D eigenvalue weighted by Gasteiger charge is -2.10. The fourth-order valence-corrected chi connectivity index (χ4v) is 3.34. The van der Waals surface area contributed by atoms with E-state index in [2.05, 4.69) is 40.1 Å². The van der Waals surface area contributed by atoms with Gasteiger partial charge in [0.2, 0.25) is 0 Å². The zero-order valence-corrected chi connectivity index (χ0v) is 15.0. The van der Waals surface area contributed by atoms with Gasteiger partial charge in [-0.1, -0.05) is 25.2 Å². The number of halogens is 1. The molecule has 2 rings (SSSR count). The molecule has 0 unspecified atom stereocenters. The van der Waals surface area contributed by atoms with Crippen molar-refractivity contribution in [2.45, 2.75) is 13.8 Å². The van der Waals surface area contributed by atoms with Crippen molar-refractivity contribution in [1.82, 2.24) is 4.98 Å². The molecule has 6 heteroatoms. The molecule has 0 aliphatic rings. The van der Waals surface area contributed by atoms with E-state index in [-0.39, 0.29) is 0 Å². The molecule has 0 saturated carbocycles. The van der Waals surface area contributed by atoms with Crippen molar-refractivity contribution in [2.24, 2.45) is 5.92 Å². The summed E-state index contributed by atoms with van der Waals surface area (Å²) in [6, 6.07) is 3.87. The quantitative estimate of drug-likeness (QED) is 0.802. The van der Waals surface area contributed by atoms with Crippen LogP contribution >= 0.6 is 27.3 Å². The fourth-order valence-electron chi connectivity index (χ4n) is 1.81. The molecule has 0 saturated heterocycles. The van der Waals surface area contributed by atoms with Crippen LogP contribution in [0, 0.1) is 5.92 Å². The number of hydrogen-bond acceptors (Lipinski definition) is 5. The van der Waals surface area contributed by atoms with Crippen LogP contribution in [-0.2, 0) is 0 Å². The molecular formula is C15H19BrN2O2S. The number of thiazole rings is 1. The van der Waals surface area contributed by atoms with E-state index >= 15 is 0 Å². The van der Waals surface area contributed by atoms with Gasteiger partial charge < -0.3 is 14.8 Å². The molecule has 0 aliphatic heterocycles. The first-order valence-electron chi connectivity index (χ1n) is 6.66. The standard InChI is InChI=1S/C15H19BrN2O2S/c1-9(2)7-17-15-18-8-14(21-15)10-5-12(19-3)13(20-4)6-11(10)16/h5-6,8-9H,7H2,1-4H3,(H,17,18). The molecule has 1 heterocycles. The van der Waals surface area contributed by atoms with Gasteiger partial charge in [-0.25, -0.2) is 4.98 Å². The lowest BCUT2D eigenvalue weighted by atomic mass is 10.2. The Kier molecular flexibility index (Phi) is 5.47. The second kappa shape index (κ2) is 7.13. The summed E-state index contributed by atoms with van der Waals surface area (Å²) in [6.45, 7) is 5.26. The minimum atomic E-state index is 0.588. The van der Waals surface area contributed by atoms with Crippen molar-refractivity contribution < 1.29 is 9.47 Å². The Hall–Kier alpha value is -1.27. The minimum Gasteiger partial charge on any atom is -0.493 e. The number of benzene rings is 1. The topological polar surface area (TPSA) is 43.4 Å². The van der Waals surface area contributed by atoms with Crippen LogP contribution in [0.25, 0.3) is 10.4 Å². The Morgan fingerprint density at radius 2 is 1.90 bits per heavy atom. The summed E-state index contributed by atoms with van der Waals surface area (Å²) in [6.07, 6.45) is 1.87. The van der Waals surface area contributed by atoms with Crippen LogP contribution in [0.15, 0.2) is 22.8 Å². The Bertz CT molecular complexity index is 614. The van der Waals surface area contributed by atoms with Gasteiger partial charge in [-0.05, 0) is 34.0 Å². The van der Waals surface area contributed by atoms with Crippen LogP contribution in [0.1, 0.15) is 13.8 Å². The molecule has 0 amide bonds. The summed E-state index contributed by atoms with van der Waals surface area (Å²) in [5.41, 5.74) is 1.04. The maximum atomic E-state index is 5.36. The summed E-state index contributed by atoms with van der Waals surface area (Å²) < 4.78 is 11.6. The number of nitrogens with zero attached hydrogens (tertiary/aromatic N) is 1. The lowest BCUT2D eigenvalue weighted by Crippen LogP contribution is -2.07. The third kappa shape index (κ3) is 3.89. The predicted octanol–water partition coefficient (Wildman–Crippen LogP) is 4.66. The van der Waals surface area contributed by atoms with Crippen molar-refractivity contribution in [2.75, 3.05) is 26.1 Å². The van der Waals surface area contributed by atoms with E-state index in [9.17, 15) is 0 Å². The monoisotopic (exact) mass is 370 g/mol. The summed E-state index contributed by atoms with van der Waals surface area (Å²) in [5, 5.41) is 4.27. The molecule has 0 spiro atoms. The molecule has 0 atom stereocenters. The summed E-state index contributed by atoms with van der Waals surface area (Å²) >= 11 is 5.21. The molecule has 2 aromatic rings. The summed E-state index contributed by atoms with van der Waals surface area (Å²) in [7, 11) is 3.27. The zero-order chi connectivity index (χ0) is 15.4. The van der Waals surface area contributed by atoms with Gasteiger partial charge in [-0.2, -0.15) is 0 Å². The van der Waals surface area contributed by atoms with Crippen LogP contribution < -0.4 is 14.8 Å². The number of rotatable bonds is 6. The van der Waals surface area contributed by atoms with E-state index in [1.165, 1.54) is 0 Å². The highest BCUT2D eigenvalue weighted by Crippen LogP contribution is 2.41. The maximum Gasteiger partial charge on any atom is 0.183 e. The zero-order valence-electron chi connectivity index (χ0n) is 12.6. The summed E-state index contributed by atoms with van der Waals surface area (Å²) in [5.74, 6) is 2.00. The first kappa shape index (κ1) is 16.1. The number of methoxy groups -OCH3 is 2. The number of anilines is 1. The van der Waals surface area contributed by atoms with Gasteiger partial charge in [0.05, 0.1) is 19.1 Å². The van der Waals surface area contributed by atoms with Gasteiger partial charge in [-0.3, -0.25) is 0 Å². The molecule has 114 valence electrons. The SMILES string of the molecule is COc1cc(Br)c(-c2cnc(NCC(C)C)s2)cc1OC. The van der Waals surface area contributed by atoms with E-state index in [0.29, 0.717) is 17.4 Å². The van der Waals surface area contributed by atoms with Gasteiger partial charge in [0.25, 0.3) is 0 Å². The highest BCUT2D eigenvalue weighted by atomic mass is 79.9. The average molecular weight is 371 g/mol. The van der Waals surface area contributed by atoms with Crippen LogP contribution in [0.3, 0.4) is 0 Å². The van der Waals surface area contributed by atoms with E-state index < -0.39 is 0 Å². The number of nitrogens with one attached hydrogen (secondary N) is 1. The van der Waals surface area contributed by atoms with Crippen molar-refractivity contribution in [3.63, 3.8) is 0 Å². The first-order valence-corrected chi connectivity index (χ1v) is 8.27. The highest BCUT2D eigenvalue weighted by Gasteiger charge is 2.13. The summed E-state index contributed by atoms with van der Waals surface area (Å²) in [4.78, 5) is 5.50. The molecular weight excluding hydrogens is 352 g/mol. The van der Waals surface area contributed by atoms with Gasteiger partial charge in [0.15, 0.2) is 16.6 Å². The van der Waals surface area contributed by atoms with Crippen molar-refractivity contribution >= 4 is 32.4 Å². The first-order chi connectivity index (χ1) is 10.0. The van der Waals surface area contributed by atoms with E-state index in [0.717, 1.165) is 26.6 Å². The van der Waals surface area contributed by atoms with Gasteiger partial charge in [-0.15, -0.1) is 0 Å². The average Bonchev–Trinajstić information content (AvgIpc) is 2.93. The Balaban J connectivity index is 2.29. The highest BCUT2D eigenvalue weighted by molar-refractivity contribution is 9.10. The number of hydrogen-bond donors (Lipinski definition) is 1. The lowest BCUT2D eigenvalue weighted by molar-refractivity contribution is 0.355. The minimum absolute atomic E-state index is 0.588. The third-order valence-corrected chi connectivity index (χ3v) is 4.55. The predicted molar refractivity (Wildman–Crippen MR) is 91.7 cm³/mol. The van der Waals surface area contributed by atoms with Gasteiger partial charge in [0.1, 0.15) is 0 Å². The van der Waals surface area contributed by atoms with Crippen LogP contribution in [0.4, 0.5) is 5.13 Å². The fraction of sp³-hybridized carbons (Fsp3) is 0.400. The van der Waals surface area contributed by atoms with Crippen LogP contribution in [0.2, 0.25) is 0 Å². The molecule has 0 aliphatic carbocycles. The molecule has 1 aromatic heterocycles. The Morgan fingerprint density at radius 3 is 2.52 bits per heavy atom. The normalized spacial score (nSPS) is 10.8. The number of aromatic nitrogens is 1. The molecule has 1 aromatic carbocycles. The maximum absolute atomic E-state index is 5.36. The van der Waals surface area contributed by atoms with E-state index in [1.807, 2.05) is 18.3 Å². The molecule has 1 N–H and O–H groups in total.